The van der Waals surface area contributed by atoms with Crippen LogP contribution in [0.2, 0.25) is 216 Å². The van der Waals surface area contributed by atoms with Crippen LogP contribution >= 0.6 is 0 Å². The molecule has 0 aromatic carbocycles. The third-order valence-corrected chi connectivity index (χ3v) is 63.9. The first kappa shape index (κ1) is 67.8. The third kappa shape index (κ3) is 32.6. The van der Waals surface area contributed by atoms with Crippen molar-refractivity contribution < 1.29 is 66.8 Å². The molecular weight excluding hydrogens is 1100 g/mol. The van der Waals surface area contributed by atoms with Gasteiger partial charge >= 0.3 is 120 Å². The standard InChI is InChI=1S/C33H100O16Si16/c1-50(2)36-53(8,9)38-55(12,13)40-57(16,17)42-59(20,21)44-61(24,25)46-63(28,29)48-65(32,33)49-64(30,31)47-62(26,27)45-60(22,23)43-58(18,19)41-56(14,15)39-54(10,11)37-52(6,7)35-34-51(3,4)5/h50H,1-33H3. The Morgan fingerprint density at radius 3 is 0.462 bits per heavy atom. The van der Waals surface area contributed by atoms with E-state index in [2.05, 4.69) is 164 Å². The van der Waals surface area contributed by atoms with E-state index in [0.29, 0.717) is 0 Å². The fraction of sp³-hybridized carbons (Fsp3) is 1.00. The van der Waals surface area contributed by atoms with Gasteiger partial charge in [0.15, 0.2) is 9.04 Å². The maximum Gasteiger partial charge on any atom is 0.358 e. The van der Waals surface area contributed by atoms with Crippen LogP contribution in [0.4, 0.5) is 0 Å². The Hall–Kier alpha value is 2.83. The zero-order valence-corrected chi connectivity index (χ0v) is 63.8. The van der Waals surface area contributed by atoms with Gasteiger partial charge in [0.1, 0.15) is 0 Å². The Morgan fingerprint density at radius 1 is 0.185 bits per heavy atom. The van der Waals surface area contributed by atoms with Crippen molar-refractivity contribution in [2.75, 3.05) is 0 Å². The molecule has 0 aliphatic heterocycles. The van der Waals surface area contributed by atoms with Gasteiger partial charge in [-0.2, -0.15) is 0 Å². The van der Waals surface area contributed by atoms with Gasteiger partial charge in [0, 0.05) is 0 Å². The van der Waals surface area contributed by atoms with Crippen molar-refractivity contribution in [2.24, 2.45) is 0 Å². The first-order chi connectivity index (χ1) is 27.8. The summed E-state index contributed by atoms with van der Waals surface area (Å²) in [7, 11) is -40.9. The predicted octanol–water partition coefficient (Wildman–Crippen LogP) is 11.8. The second kappa shape index (κ2) is 23.2. The Morgan fingerprint density at radius 2 is 0.323 bits per heavy atom. The van der Waals surface area contributed by atoms with Gasteiger partial charge in [-0.15, -0.1) is 0 Å². The molecule has 0 aromatic heterocycles. The van der Waals surface area contributed by atoms with Crippen molar-refractivity contribution in [2.45, 2.75) is 216 Å². The van der Waals surface area contributed by atoms with E-state index < -0.39 is 137 Å². The van der Waals surface area contributed by atoms with E-state index in [-0.39, 0.29) is 0 Å². The van der Waals surface area contributed by atoms with Gasteiger partial charge in [-0.3, -0.25) is 9.15 Å². The minimum absolute atomic E-state index is 1.25. The lowest BCUT2D eigenvalue weighted by atomic mass is 11.8. The minimum Gasteiger partial charge on any atom is -0.440 e. The normalized spacial score (nSPS) is 16.0. The smallest absolute Gasteiger partial charge is 0.358 e. The Balaban J connectivity index is 5.69. The SMILES string of the molecule is C[SiH](C)O[Si](C)(C)O[Si](C)(C)O[Si](C)(C)O[Si](C)(C)O[Si](C)(C)O[Si](C)(C)O[Si](C)(C)O[Si](C)(C)O[Si](C)(C)O[Si](C)(C)O[Si](C)(C)O[Si](C)(C)O[Si](C)(C)O[Si](C)(C)OO[Si](C)(C)C. The monoisotopic (exact) mass is 1200 g/mol. The van der Waals surface area contributed by atoms with Crippen LogP contribution in [0, 0.1) is 0 Å². The number of rotatable bonds is 31. The molecule has 32 heteroatoms. The summed E-state index contributed by atoms with van der Waals surface area (Å²) in [5, 5.41) is 0. The summed E-state index contributed by atoms with van der Waals surface area (Å²) in [6.45, 7) is 68.1. The molecule has 0 rings (SSSR count). The summed E-state index contributed by atoms with van der Waals surface area (Å²) in [5.74, 6) is 0. The van der Waals surface area contributed by atoms with E-state index in [1.54, 1.807) is 0 Å². The average Bonchev–Trinajstić information content (AvgIpc) is 2.80. The van der Waals surface area contributed by atoms with Crippen LogP contribution in [0.3, 0.4) is 0 Å². The summed E-state index contributed by atoms with van der Waals surface area (Å²) in [6.07, 6.45) is 0. The second-order valence-electron chi connectivity index (χ2n) is 24.4. The van der Waals surface area contributed by atoms with Crippen molar-refractivity contribution >= 4 is 137 Å². The summed E-state index contributed by atoms with van der Waals surface area (Å²) >= 11 is 0. The highest BCUT2D eigenvalue weighted by Gasteiger charge is 2.53. The van der Waals surface area contributed by atoms with Gasteiger partial charge < -0.3 is 57.6 Å². The van der Waals surface area contributed by atoms with Crippen molar-refractivity contribution in [3.05, 3.63) is 0 Å². The molecule has 0 aliphatic carbocycles. The van der Waals surface area contributed by atoms with Crippen LogP contribution in [0.25, 0.3) is 0 Å². The molecule has 0 aromatic rings. The van der Waals surface area contributed by atoms with Crippen molar-refractivity contribution in [3.8, 4) is 0 Å². The number of hydrogen-bond acceptors (Lipinski definition) is 16. The highest BCUT2D eigenvalue weighted by molar-refractivity contribution is 6.94. The Kier molecular flexibility index (Phi) is 24.2. The zero-order valence-electron chi connectivity index (χ0n) is 47.6. The van der Waals surface area contributed by atoms with E-state index in [1.807, 2.05) is 52.4 Å². The molecule has 0 fully saturated rings. The summed E-state index contributed by atoms with van der Waals surface area (Å²) < 4.78 is 106. The molecule has 0 aliphatic rings. The molecule has 392 valence electrons. The largest absolute Gasteiger partial charge is 0.440 e. The molecule has 0 amide bonds. The first-order valence-electron chi connectivity index (χ1n) is 23.0. The fourth-order valence-corrected chi connectivity index (χ4v) is 83.9. The molecule has 65 heavy (non-hydrogen) atoms. The summed E-state index contributed by atoms with van der Waals surface area (Å²) in [5.41, 5.74) is 0. The zero-order chi connectivity index (χ0) is 52.4. The van der Waals surface area contributed by atoms with Gasteiger partial charge in [-0.25, -0.2) is 0 Å². The maximum absolute atomic E-state index is 6.88. The Labute approximate surface area is 417 Å². The molecule has 0 spiro atoms. The molecule has 0 saturated heterocycles. The fourth-order valence-electron chi connectivity index (χ4n) is 8.78. The lowest BCUT2D eigenvalue weighted by Gasteiger charge is -2.45. The summed E-state index contributed by atoms with van der Waals surface area (Å²) in [4.78, 5) is 0. The Bertz CT molecular complexity index is 1500. The highest BCUT2D eigenvalue weighted by atomic mass is 28.5. The summed E-state index contributed by atoms with van der Waals surface area (Å²) in [6, 6.07) is 0. The van der Waals surface area contributed by atoms with Crippen molar-refractivity contribution in [3.63, 3.8) is 0 Å². The van der Waals surface area contributed by atoms with Crippen LogP contribution < -0.4 is 0 Å². The van der Waals surface area contributed by atoms with Crippen LogP contribution in [0.5, 0.6) is 0 Å². The molecular formula is C33H100O16Si16. The van der Waals surface area contributed by atoms with Crippen LogP contribution in [-0.4, -0.2) is 137 Å². The third-order valence-electron chi connectivity index (χ3n) is 7.40. The first-order valence-corrected chi connectivity index (χ1v) is 68.6. The molecule has 16 nitrogen and oxygen atoms in total. The molecule has 0 bridgehead atoms. The molecule has 0 heterocycles. The van der Waals surface area contributed by atoms with Gasteiger partial charge in [0.05, 0.1) is 0 Å². The van der Waals surface area contributed by atoms with Crippen molar-refractivity contribution in [1.29, 1.82) is 0 Å². The molecule has 0 atom stereocenters. The predicted molar refractivity (Wildman–Crippen MR) is 304 cm³/mol. The van der Waals surface area contributed by atoms with E-state index in [9.17, 15) is 0 Å². The van der Waals surface area contributed by atoms with Gasteiger partial charge in [-0.05, 0) is 216 Å². The van der Waals surface area contributed by atoms with E-state index >= 15 is 0 Å². The van der Waals surface area contributed by atoms with Crippen LogP contribution in [0.15, 0.2) is 0 Å². The van der Waals surface area contributed by atoms with Gasteiger partial charge in [-0.1, -0.05) is 0 Å². The van der Waals surface area contributed by atoms with Crippen LogP contribution in [0.1, 0.15) is 0 Å². The van der Waals surface area contributed by atoms with Gasteiger partial charge in [0.25, 0.3) is 0 Å². The van der Waals surface area contributed by atoms with Gasteiger partial charge in [0.2, 0.25) is 8.32 Å². The van der Waals surface area contributed by atoms with E-state index in [0.717, 1.165) is 0 Å². The van der Waals surface area contributed by atoms with Crippen molar-refractivity contribution in [1.82, 2.24) is 0 Å². The topological polar surface area (TPSA) is 148 Å². The molecule has 0 N–H and O–H groups in total. The molecule has 0 unspecified atom stereocenters. The second-order valence-corrected chi connectivity index (χ2v) is 81.8. The molecule has 0 saturated carbocycles. The average molecular weight is 1200 g/mol. The lowest BCUT2D eigenvalue weighted by molar-refractivity contribution is -0.138. The maximum atomic E-state index is 6.88. The minimum atomic E-state index is -2.80. The lowest BCUT2D eigenvalue weighted by Crippen LogP contribution is -2.63. The number of hydrogen-bond donors (Lipinski definition) is 0. The van der Waals surface area contributed by atoms with E-state index in [1.165, 1.54) is 0 Å². The quantitative estimate of drug-likeness (QED) is 0.0368. The van der Waals surface area contributed by atoms with E-state index in [4.69, 9.17) is 66.8 Å². The highest BCUT2D eigenvalue weighted by Crippen LogP contribution is 2.33. The molecule has 0 radical (unpaired) electrons. The van der Waals surface area contributed by atoms with Crippen LogP contribution in [-0.2, 0) is 66.8 Å².